The van der Waals surface area contributed by atoms with E-state index >= 15 is 0 Å². The summed E-state index contributed by atoms with van der Waals surface area (Å²) >= 11 is 5.90. The van der Waals surface area contributed by atoms with Gasteiger partial charge < -0.3 is 5.32 Å². The van der Waals surface area contributed by atoms with Gasteiger partial charge in [-0.1, -0.05) is 29.8 Å². The van der Waals surface area contributed by atoms with Gasteiger partial charge in [-0.05, 0) is 61.5 Å². The van der Waals surface area contributed by atoms with Gasteiger partial charge in [0, 0.05) is 27.5 Å². The number of Topliss-reactive ketones (excluding diaryl/α,β-unsaturated/α-hetero) is 1. The summed E-state index contributed by atoms with van der Waals surface area (Å²) in [7, 11) is -3.82. The average molecular weight is 429 g/mol. The smallest absolute Gasteiger partial charge is 0.261 e. The molecule has 0 spiro atoms. The summed E-state index contributed by atoms with van der Waals surface area (Å²) in [5, 5.41) is 3.22. The zero-order valence-corrected chi connectivity index (χ0v) is 16.9. The lowest BCUT2D eigenvalue weighted by atomic mass is 10.2. The molecule has 0 bridgehead atoms. The third kappa shape index (κ3) is 5.22. The first-order valence-corrected chi connectivity index (χ1v) is 10.4. The molecular formula is C21H17ClN2O4S. The van der Waals surface area contributed by atoms with Gasteiger partial charge in [-0.3, -0.25) is 14.3 Å². The molecule has 0 unspecified atom stereocenters. The number of anilines is 2. The monoisotopic (exact) mass is 428 g/mol. The first-order chi connectivity index (χ1) is 13.7. The molecule has 29 heavy (non-hydrogen) atoms. The van der Waals surface area contributed by atoms with Crippen molar-refractivity contribution in [2.45, 2.75) is 11.8 Å². The van der Waals surface area contributed by atoms with Crippen molar-refractivity contribution in [3.05, 3.63) is 88.9 Å². The summed E-state index contributed by atoms with van der Waals surface area (Å²) < 4.78 is 27.4. The Morgan fingerprint density at radius 1 is 0.828 bits per heavy atom. The van der Waals surface area contributed by atoms with Crippen LogP contribution in [0.4, 0.5) is 11.4 Å². The molecule has 0 aromatic heterocycles. The van der Waals surface area contributed by atoms with Gasteiger partial charge in [0.2, 0.25) is 0 Å². The average Bonchev–Trinajstić information content (AvgIpc) is 2.68. The van der Waals surface area contributed by atoms with Crippen LogP contribution in [-0.2, 0) is 10.0 Å². The number of hydrogen-bond donors (Lipinski definition) is 2. The van der Waals surface area contributed by atoms with E-state index in [1.165, 1.54) is 55.5 Å². The molecular weight excluding hydrogens is 412 g/mol. The molecule has 2 N–H and O–H groups in total. The molecule has 1 amide bonds. The number of sulfonamides is 1. The van der Waals surface area contributed by atoms with Crippen LogP contribution in [0.1, 0.15) is 27.6 Å². The van der Waals surface area contributed by atoms with Crippen LogP contribution in [0.3, 0.4) is 0 Å². The molecule has 0 aliphatic heterocycles. The summed E-state index contributed by atoms with van der Waals surface area (Å²) in [4.78, 5) is 23.7. The van der Waals surface area contributed by atoms with Crippen LogP contribution in [0.15, 0.2) is 77.7 Å². The summed E-state index contributed by atoms with van der Waals surface area (Å²) in [6.07, 6.45) is 0. The van der Waals surface area contributed by atoms with Crippen LogP contribution >= 0.6 is 11.6 Å². The number of ketones is 1. The van der Waals surface area contributed by atoms with Crippen molar-refractivity contribution in [3.63, 3.8) is 0 Å². The fourth-order valence-corrected chi connectivity index (χ4v) is 3.79. The van der Waals surface area contributed by atoms with Gasteiger partial charge in [0.1, 0.15) is 0 Å². The van der Waals surface area contributed by atoms with Gasteiger partial charge in [-0.2, -0.15) is 0 Å². The predicted octanol–water partition coefficient (Wildman–Crippen LogP) is 4.60. The largest absolute Gasteiger partial charge is 0.322 e. The Morgan fingerprint density at radius 3 is 2.03 bits per heavy atom. The summed E-state index contributed by atoms with van der Waals surface area (Å²) in [6, 6.07) is 18.4. The highest BCUT2D eigenvalue weighted by Crippen LogP contribution is 2.19. The van der Waals surface area contributed by atoms with Gasteiger partial charge >= 0.3 is 0 Å². The molecule has 8 heteroatoms. The van der Waals surface area contributed by atoms with Crippen molar-refractivity contribution in [1.82, 2.24) is 0 Å². The van der Waals surface area contributed by atoms with E-state index in [4.69, 9.17) is 11.6 Å². The molecule has 0 radical (unpaired) electrons. The molecule has 0 aliphatic carbocycles. The zero-order valence-electron chi connectivity index (χ0n) is 15.3. The molecule has 0 heterocycles. The van der Waals surface area contributed by atoms with Crippen LogP contribution in [0.5, 0.6) is 0 Å². The summed E-state index contributed by atoms with van der Waals surface area (Å²) in [5.74, 6) is -0.491. The highest BCUT2D eigenvalue weighted by atomic mass is 35.5. The van der Waals surface area contributed by atoms with Crippen LogP contribution in [0.25, 0.3) is 0 Å². The molecule has 0 saturated carbocycles. The molecule has 3 rings (SSSR count). The standard InChI is InChI=1S/C21H17ClN2O4S/c1-14(25)15-7-11-20(12-8-15)29(27,28)24-18-9-5-16(6-10-18)21(26)23-19-4-2-3-17(22)13-19/h2-13,24H,1H3,(H,23,26). The number of halogens is 1. The first-order valence-electron chi connectivity index (χ1n) is 8.55. The molecule has 148 valence electrons. The molecule has 0 fully saturated rings. The number of carbonyl (C=O) groups excluding carboxylic acids is 2. The highest BCUT2D eigenvalue weighted by molar-refractivity contribution is 7.92. The van der Waals surface area contributed by atoms with Crippen LogP contribution in [0.2, 0.25) is 5.02 Å². The second-order valence-corrected chi connectivity index (χ2v) is 8.35. The van der Waals surface area contributed by atoms with E-state index in [1.807, 2.05) is 0 Å². The first kappa shape index (κ1) is 20.6. The van der Waals surface area contributed by atoms with E-state index in [0.29, 0.717) is 27.5 Å². The zero-order chi connectivity index (χ0) is 21.0. The molecule has 3 aromatic carbocycles. The maximum Gasteiger partial charge on any atom is 0.261 e. The Hall–Kier alpha value is -3.16. The molecule has 3 aromatic rings. The maximum atomic E-state index is 12.5. The lowest BCUT2D eigenvalue weighted by Gasteiger charge is -2.10. The predicted molar refractivity (Wildman–Crippen MR) is 113 cm³/mol. The molecule has 0 atom stereocenters. The highest BCUT2D eigenvalue weighted by Gasteiger charge is 2.15. The third-order valence-electron chi connectivity index (χ3n) is 4.05. The van der Waals surface area contributed by atoms with Gasteiger partial charge in [-0.25, -0.2) is 8.42 Å². The van der Waals surface area contributed by atoms with Crippen LogP contribution < -0.4 is 10.0 Å². The van der Waals surface area contributed by atoms with E-state index in [0.717, 1.165) is 0 Å². The maximum absolute atomic E-state index is 12.5. The Kier molecular flexibility index (Phi) is 6.00. The van der Waals surface area contributed by atoms with Crippen molar-refractivity contribution in [2.75, 3.05) is 10.0 Å². The van der Waals surface area contributed by atoms with E-state index in [9.17, 15) is 18.0 Å². The van der Waals surface area contributed by atoms with Crippen molar-refractivity contribution in [3.8, 4) is 0 Å². The molecule has 6 nitrogen and oxygen atoms in total. The number of hydrogen-bond acceptors (Lipinski definition) is 4. The van der Waals surface area contributed by atoms with Crippen molar-refractivity contribution in [2.24, 2.45) is 0 Å². The second kappa shape index (κ2) is 8.46. The van der Waals surface area contributed by atoms with Crippen LogP contribution in [0, 0.1) is 0 Å². The Labute approximate surface area is 173 Å². The van der Waals surface area contributed by atoms with Crippen molar-refractivity contribution < 1.29 is 18.0 Å². The van der Waals surface area contributed by atoms with Gasteiger partial charge in [0.05, 0.1) is 4.90 Å². The van der Waals surface area contributed by atoms with Gasteiger partial charge in [-0.15, -0.1) is 0 Å². The quantitative estimate of drug-likeness (QED) is 0.561. The summed E-state index contributed by atoms with van der Waals surface area (Å²) in [5.41, 5.74) is 1.65. The minimum atomic E-state index is -3.82. The number of carbonyl (C=O) groups is 2. The fraction of sp³-hybridized carbons (Fsp3) is 0.0476. The normalized spacial score (nSPS) is 11.0. The number of rotatable bonds is 6. The van der Waals surface area contributed by atoms with Crippen LogP contribution in [-0.4, -0.2) is 20.1 Å². The topological polar surface area (TPSA) is 92.3 Å². The number of nitrogens with one attached hydrogen (secondary N) is 2. The second-order valence-electron chi connectivity index (χ2n) is 6.23. The van der Waals surface area contributed by atoms with E-state index in [2.05, 4.69) is 10.0 Å². The summed E-state index contributed by atoms with van der Waals surface area (Å²) in [6.45, 7) is 1.41. The lowest BCUT2D eigenvalue weighted by Crippen LogP contribution is -2.14. The number of amides is 1. The lowest BCUT2D eigenvalue weighted by molar-refractivity contribution is 0.101. The minimum absolute atomic E-state index is 0.0327. The minimum Gasteiger partial charge on any atom is -0.322 e. The third-order valence-corrected chi connectivity index (χ3v) is 5.69. The van der Waals surface area contributed by atoms with E-state index in [-0.39, 0.29) is 16.6 Å². The Morgan fingerprint density at radius 2 is 1.45 bits per heavy atom. The molecule has 0 aliphatic rings. The Balaban J connectivity index is 1.71. The van der Waals surface area contributed by atoms with E-state index in [1.54, 1.807) is 24.3 Å². The molecule has 0 saturated heterocycles. The van der Waals surface area contributed by atoms with Gasteiger partial charge in [0.25, 0.3) is 15.9 Å². The fourth-order valence-electron chi connectivity index (χ4n) is 2.54. The van der Waals surface area contributed by atoms with Crippen molar-refractivity contribution >= 4 is 44.7 Å². The Bertz CT molecular complexity index is 1160. The SMILES string of the molecule is CC(=O)c1ccc(S(=O)(=O)Nc2ccc(C(=O)Nc3cccc(Cl)c3)cc2)cc1. The van der Waals surface area contributed by atoms with Crippen molar-refractivity contribution in [1.29, 1.82) is 0 Å². The number of benzene rings is 3. The van der Waals surface area contributed by atoms with Gasteiger partial charge in [0.15, 0.2) is 5.78 Å². The van der Waals surface area contributed by atoms with E-state index < -0.39 is 10.0 Å².